The number of phenols is 1. The van der Waals surface area contributed by atoms with Crippen LogP contribution in [0.2, 0.25) is 0 Å². The van der Waals surface area contributed by atoms with E-state index >= 15 is 0 Å². The summed E-state index contributed by atoms with van der Waals surface area (Å²) in [5.74, 6) is -0.997. The second-order valence-electron chi connectivity index (χ2n) is 7.50. The van der Waals surface area contributed by atoms with Crippen LogP contribution in [0.1, 0.15) is 22.3 Å². The van der Waals surface area contributed by atoms with Gasteiger partial charge in [0, 0.05) is 6.42 Å². The molecule has 0 saturated heterocycles. The Balaban J connectivity index is 1.42. The van der Waals surface area contributed by atoms with Crippen LogP contribution in [0.5, 0.6) is 5.75 Å². The van der Waals surface area contributed by atoms with Gasteiger partial charge in [-0.25, -0.2) is 9.59 Å². The maximum absolute atomic E-state index is 12.4. The maximum atomic E-state index is 12.4. The topological polar surface area (TPSA) is 95.9 Å². The molecule has 0 radical (unpaired) electrons. The van der Waals surface area contributed by atoms with E-state index in [4.69, 9.17) is 4.74 Å². The Kier molecular flexibility index (Phi) is 6.89. The fourth-order valence-electron chi connectivity index (χ4n) is 3.86. The number of halogens is 2. The van der Waals surface area contributed by atoms with Gasteiger partial charge in [0.15, 0.2) is 0 Å². The highest BCUT2D eigenvalue weighted by atomic mass is 127. The van der Waals surface area contributed by atoms with E-state index in [9.17, 15) is 19.8 Å². The van der Waals surface area contributed by atoms with Crippen LogP contribution in [0.25, 0.3) is 11.1 Å². The first-order valence-electron chi connectivity index (χ1n) is 9.85. The second-order valence-corrected chi connectivity index (χ2v) is 9.83. The molecule has 0 aromatic heterocycles. The van der Waals surface area contributed by atoms with Crippen molar-refractivity contribution < 1.29 is 24.5 Å². The molecule has 3 aromatic rings. The number of amides is 1. The Morgan fingerprint density at radius 2 is 1.72 bits per heavy atom. The third-order valence-corrected chi connectivity index (χ3v) is 7.06. The predicted molar refractivity (Wildman–Crippen MR) is 137 cm³/mol. The molecule has 0 unspecified atom stereocenters. The first-order valence-corrected chi connectivity index (χ1v) is 12.0. The molecular weight excluding hydrogens is 636 g/mol. The van der Waals surface area contributed by atoms with E-state index in [2.05, 4.69) is 23.5 Å². The number of alkyl carbamates (subject to hydrolysis) is 1. The number of aromatic hydroxyl groups is 1. The molecule has 0 fully saturated rings. The summed E-state index contributed by atoms with van der Waals surface area (Å²) in [6.45, 7) is 0.0599. The summed E-state index contributed by atoms with van der Waals surface area (Å²) < 4.78 is 6.62. The normalized spacial score (nSPS) is 12.6. The molecule has 4 rings (SSSR count). The van der Waals surface area contributed by atoms with Gasteiger partial charge >= 0.3 is 12.1 Å². The van der Waals surface area contributed by atoms with E-state index < -0.39 is 18.1 Å². The molecule has 1 aliphatic rings. The third kappa shape index (κ3) is 4.85. The van der Waals surface area contributed by atoms with Crippen molar-refractivity contribution >= 4 is 57.2 Å². The maximum Gasteiger partial charge on any atom is 0.408 e. The number of nitrogens with one attached hydrogen (secondary N) is 1. The summed E-state index contributed by atoms with van der Waals surface area (Å²) in [6.07, 6.45) is 0.0728. The number of aliphatic carboxylic acids is 1. The van der Waals surface area contributed by atoms with Crippen LogP contribution in [0.15, 0.2) is 54.6 Å². The van der Waals surface area contributed by atoms with Crippen LogP contribution in [-0.2, 0) is 29.0 Å². The van der Waals surface area contributed by atoms with Crippen molar-refractivity contribution in [2.24, 2.45) is 0 Å². The van der Waals surface area contributed by atoms with Crippen molar-refractivity contribution in [3.63, 3.8) is 0 Å². The zero-order valence-electron chi connectivity index (χ0n) is 16.8. The number of carbonyl (C=O) groups is 2. The van der Waals surface area contributed by atoms with E-state index in [1.807, 2.05) is 69.4 Å². The number of carboxylic acids is 1. The molecule has 3 N–H and O–H groups in total. The average Bonchev–Trinajstić information content (AvgIpc) is 3.15. The summed E-state index contributed by atoms with van der Waals surface area (Å²) in [7, 11) is 0. The average molecular weight is 655 g/mol. The molecule has 0 heterocycles. The number of phenolic OH excluding ortho intramolecular Hbond substituents is 1. The summed E-state index contributed by atoms with van der Waals surface area (Å²) in [5.41, 5.74) is 6.30. The van der Waals surface area contributed by atoms with E-state index in [-0.39, 0.29) is 18.8 Å². The van der Waals surface area contributed by atoms with Gasteiger partial charge in [-0.1, -0.05) is 42.5 Å². The number of hydrogen-bond acceptors (Lipinski definition) is 4. The number of benzene rings is 3. The molecule has 1 aliphatic carbocycles. The standard InChI is InChI=1S/C24H19I2NO5/c25-19-8-13(9-20(26)22(19)28)10-21(23(29)30)27-24(31)32-12-15-5-3-7-17-16-6-2-1-4-14(16)11-18(15)17/h1-9,21,28H,10-12H2,(H,27,31)(H,29,30)/t21-/m0/s1. The highest BCUT2D eigenvalue weighted by molar-refractivity contribution is 14.1. The molecule has 164 valence electrons. The fourth-order valence-corrected chi connectivity index (χ4v) is 5.75. The van der Waals surface area contributed by atoms with Crippen LogP contribution < -0.4 is 5.32 Å². The van der Waals surface area contributed by atoms with E-state index in [1.165, 1.54) is 11.1 Å². The Morgan fingerprint density at radius 1 is 1.03 bits per heavy atom. The lowest BCUT2D eigenvalue weighted by atomic mass is 10.0. The number of ether oxygens (including phenoxy) is 1. The molecule has 0 aliphatic heterocycles. The van der Waals surface area contributed by atoms with Gasteiger partial charge in [-0.3, -0.25) is 0 Å². The smallest absolute Gasteiger partial charge is 0.408 e. The van der Waals surface area contributed by atoms with Crippen LogP contribution in [0, 0.1) is 7.14 Å². The minimum absolute atomic E-state index is 0.0599. The molecule has 1 atom stereocenters. The van der Waals surface area contributed by atoms with E-state index in [1.54, 1.807) is 12.1 Å². The van der Waals surface area contributed by atoms with Gasteiger partial charge in [0.05, 0.1) is 7.14 Å². The van der Waals surface area contributed by atoms with Crippen molar-refractivity contribution in [2.45, 2.75) is 25.5 Å². The highest BCUT2D eigenvalue weighted by Crippen LogP contribution is 2.38. The lowest BCUT2D eigenvalue weighted by Crippen LogP contribution is -2.42. The van der Waals surface area contributed by atoms with Crippen molar-refractivity contribution in [2.75, 3.05) is 0 Å². The van der Waals surface area contributed by atoms with Gasteiger partial charge in [-0.15, -0.1) is 0 Å². The second kappa shape index (κ2) is 9.65. The highest BCUT2D eigenvalue weighted by Gasteiger charge is 2.24. The number of carboxylic acid groups (broad SMARTS) is 1. The molecule has 6 nitrogen and oxygen atoms in total. The minimum atomic E-state index is -1.16. The summed E-state index contributed by atoms with van der Waals surface area (Å²) in [6, 6.07) is 16.4. The van der Waals surface area contributed by atoms with Crippen LogP contribution >= 0.6 is 45.2 Å². The number of rotatable bonds is 6. The number of fused-ring (bicyclic) bond motifs is 3. The fraction of sp³-hybridized carbons (Fsp3) is 0.167. The molecule has 0 bridgehead atoms. The summed E-state index contributed by atoms with van der Waals surface area (Å²) in [4.78, 5) is 24.1. The lowest BCUT2D eigenvalue weighted by Gasteiger charge is -2.16. The zero-order chi connectivity index (χ0) is 22.8. The molecule has 1 amide bonds. The Labute approximate surface area is 212 Å². The van der Waals surface area contributed by atoms with Crippen LogP contribution in [-0.4, -0.2) is 28.3 Å². The Morgan fingerprint density at radius 3 is 2.44 bits per heavy atom. The van der Waals surface area contributed by atoms with Crippen molar-refractivity contribution in [1.82, 2.24) is 5.32 Å². The van der Waals surface area contributed by atoms with E-state index in [0.29, 0.717) is 12.7 Å². The van der Waals surface area contributed by atoms with Gasteiger partial charge < -0.3 is 20.3 Å². The third-order valence-electron chi connectivity index (χ3n) is 5.41. The zero-order valence-corrected chi connectivity index (χ0v) is 21.1. The largest absolute Gasteiger partial charge is 0.506 e. The minimum Gasteiger partial charge on any atom is -0.506 e. The Bertz CT molecular complexity index is 1190. The van der Waals surface area contributed by atoms with E-state index in [0.717, 1.165) is 23.1 Å². The van der Waals surface area contributed by atoms with Gasteiger partial charge in [0.25, 0.3) is 0 Å². The van der Waals surface area contributed by atoms with Gasteiger partial charge in [-0.05, 0) is 97.1 Å². The first kappa shape index (κ1) is 22.8. The molecule has 0 spiro atoms. The molecule has 8 heteroatoms. The Hall–Kier alpha value is -2.34. The van der Waals surface area contributed by atoms with Crippen LogP contribution in [0.4, 0.5) is 4.79 Å². The monoisotopic (exact) mass is 655 g/mol. The molecular formula is C24H19I2NO5. The van der Waals surface area contributed by atoms with Gasteiger partial charge in [0.2, 0.25) is 0 Å². The quantitative estimate of drug-likeness (QED) is 0.252. The molecule has 3 aromatic carbocycles. The molecule has 0 saturated carbocycles. The van der Waals surface area contributed by atoms with Crippen molar-refractivity contribution in [3.05, 3.63) is 84.0 Å². The summed E-state index contributed by atoms with van der Waals surface area (Å²) in [5, 5.41) is 21.9. The van der Waals surface area contributed by atoms with Gasteiger partial charge in [-0.2, -0.15) is 0 Å². The summed E-state index contributed by atoms with van der Waals surface area (Å²) >= 11 is 3.97. The first-order chi connectivity index (χ1) is 15.3. The van der Waals surface area contributed by atoms with Crippen molar-refractivity contribution in [1.29, 1.82) is 0 Å². The predicted octanol–water partition coefficient (Wildman–Crippen LogP) is 5.09. The number of hydrogen-bond donors (Lipinski definition) is 3. The van der Waals surface area contributed by atoms with Crippen LogP contribution in [0.3, 0.4) is 0 Å². The number of carbonyl (C=O) groups excluding carboxylic acids is 1. The lowest BCUT2D eigenvalue weighted by molar-refractivity contribution is -0.139. The molecule has 32 heavy (non-hydrogen) atoms. The van der Waals surface area contributed by atoms with Crippen molar-refractivity contribution in [3.8, 4) is 16.9 Å². The SMILES string of the molecule is O=C(N[C@@H](Cc1cc(I)c(O)c(I)c1)C(=O)O)OCc1cccc2c1Cc1ccccc1-2. The van der Waals surface area contributed by atoms with Gasteiger partial charge in [0.1, 0.15) is 18.4 Å².